The largest absolute Gasteiger partial charge is 0.363 e. The van der Waals surface area contributed by atoms with Crippen LogP contribution in [0.5, 0.6) is 0 Å². The topological polar surface area (TPSA) is 127 Å². The Labute approximate surface area is 200 Å². The maximum absolute atomic E-state index is 12.3. The fraction of sp³-hybridized carbons (Fsp3) is 0.182. The number of benzene rings is 2. The SMILES string of the molecule is O=C(ON1C(=O)CCC1=O)c1cccc(SSc2cccc(C(=O)ON3C(=O)CCC3=O)c2)c1. The maximum atomic E-state index is 12.3. The summed E-state index contributed by atoms with van der Waals surface area (Å²) in [4.78, 5) is 82.4. The highest BCUT2D eigenvalue weighted by atomic mass is 33.1. The summed E-state index contributed by atoms with van der Waals surface area (Å²) in [6.45, 7) is 0. The Hall–Kier alpha value is -3.64. The van der Waals surface area contributed by atoms with Crippen LogP contribution in [0.4, 0.5) is 0 Å². The summed E-state index contributed by atoms with van der Waals surface area (Å²) in [5.41, 5.74) is 0.325. The average Bonchev–Trinajstić information content (AvgIpc) is 3.33. The molecule has 0 bridgehead atoms. The van der Waals surface area contributed by atoms with Gasteiger partial charge in [0.05, 0.1) is 11.1 Å². The third-order valence-corrected chi connectivity index (χ3v) is 7.11. The van der Waals surface area contributed by atoms with Crippen LogP contribution in [0, 0.1) is 0 Å². The van der Waals surface area contributed by atoms with E-state index in [0.717, 1.165) is 0 Å². The number of imide groups is 2. The number of hydrogen-bond acceptors (Lipinski definition) is 10. The lowest BCUT2D eigenvalue weighted by Gasteiger charge is -2.13. The molecule has 4 amide bonds. The first kappa shape index (κ1) is 23.5. The highest BCUT2D eigenvalue weighted by Crippen LogP contribution is 2.38. The first-order valence-electron chi connectivity index (χ1n) is 10.0. The third kappa shape index (κ3) is 5.29. The fourth-order valence-corrected chi connectivity index (χ4v) is 5.04. The van der Waals surface area contributed by atoms with Crippen molar-refractivity contribution in [3.05, 3.63) is 59.7 Å². The number of amides is 4. The first-order chi connectivity index (χ1) is 16.3. The zero-order valence-electron chi connectivity index (χ0n) is 17.4. The molecule has 10 nitrogen and oxygen atoms in total. The highest BCUT2D eigenvalue weighted by Gasteiger charge is 2.34. The van der Waals surface area contributed by atoms with Crippen molar-refractivity contribution in [2.45, 2.75) is 35.5 Å². The van der Waals surface area contributed by atoms with Crippen molar-refractivity contribution in [2.75, 3.05) is 0 Å². The number of nitrogens with zero attached hydrogens (tertiary/aromatic N) is 2. The van der Waals surface area contributed by atoms with Crippen molar-refractivity contribution in [2.24, 2.45) is 0 Å². The predicted molar refractivity (Wildman–Crippen MR) is 118 cm³/mol. The van der Waals surface area contributed by atoms with Gasteiger partial charge in [0, 0.05) is 35.5 Å². The Kier molecular flexibility index (Phi) is 6.98. The molecule has 34 heavy (non-hydrogen) atoms. The molecule has 2 aliphatic rings. The molecular formula is C22H16N2O8S2. The molecule has 12 heteroatoms. The van der Waals surface area contributed by atoms with Crippen LogP contribution in [0.25, 0.3) is 0 Å². The summed E-state index contributed by atoms with van der Waals surface area (Å²) in [6, 6.07) is 12.9. The Morgan fingerprint density at radius 2 is 0.971 bits per heavy atom. The van der Waals surface area contributed by atoms with Crippen molar-refractivity contribution >= 4 is 57.2 Å². The van der Waals surface area contributed by atoms with Crippen LogP contribution in [0.3, 0.4) is 0 Å². The molecule has 0 saturated carbocycles. The van der Waals surface area contributed by atoms with E-state index < -0.39 is 35.6 Å². The normalized spacial score (nSPS) is 15.8. The van der Waals surface area contributed by atoms with Gasteiger partial charge in [-0.3, -0.25) is 19.2 Å². The summed E-state index contributed by atoms with van der Waals surface area (Å²) >= 11 is 0. The van der Waals surface area contributed by atoms with E-state index in [-0.39, 0.29) is 36.8 Å². The summed E-state index contributed by atoms with van der Waals surface area (Å²) in [7, 11) is 2.59. The summed E-state index contributed by atoms with van der Waals surface area (Å²) in [5, 5.41) is 0.982. The predicted octanol–water partition coefficient (Wildman–Crippen LogP) is 2.93. The molecule has 174 valence electrons. The van der Waals surface area contributed by atoms with E-state index in [2.05, 4.69) is 0 Å². The standard InChI is InChI=1S/C22H16N2O8S2/c25-17-7-8-18(26)23(17)31-21(29)13-3-1-5-15(11-13)33-34-16-6-2-4-14(12-16)22(30)32-24-19(27)9-10-20(24)28/h1-6,11-12H,7-10H2. The Balaban J connectivity index is 1.37. The molecule has 4 rings (SSSR count). The van der Waals surface area contributed by atoms with E-state index in [1.807, 2.05) is 0 Å². The minimum Gasteiger partial charge on any atom is -0.325 e. The minimum atomic E-state index is -0.827. The van der Waals surface area contributed by atoms with Crippen LogP contribution in [-0.2, 0) is 28.9 Å². The molecule has 2 fully saturated rings. The van der Waals surface area contributed by atoms with Gasteiger partial charge in [0.1, 0.15) is 0 Å². The van der Waals surface area contributed by atoms with Gasteiger partial charge in [-0.2, -0.15) is 0 Å². The Bertz CT molecular complexity index is 1090. The van der Waals surface area contributed by atoms with Gasteiger partial charge < -0.3 is 9.68 Å². The molecule has 0 spiro atoms. The number of hydroxylamine groups is 4. The second-order valence-corrected chi connectivity index (χ2v) is 9.42. The van der Waals surface area contributed by atoms with Crippen LogP contribution < -0.4 is 0 Å². The second kappa shape index (κ2) is 10.1. The zero-order valence-corrected chi connectivity index (χ0v) is 19.1. The summed E-state index contributed by atoms with van der Waals surface area (Å²) in [6.07, 6.45) is 0.0393. The van der Waals surface area contributed by atoms with Crippen molar-refractivity contribution in [1.82, 2.24) is 10.1 Å². The highest BCUT2D eigenvalue weighted by molar-refractivity contribution is 8.76. The average molecular weight is 501 g/mol. The molecule has 2 heterocycles. The maximum Gasteiger partial charge on any atom is 0.363 e. The van der Waals surface area contributed by atoms with Crippen LogP contribution in [0.1, 0.15) is 46.4 Å². The molecule has 0 atom stereocenters. The van der Waals surface area contributed by atoms with Crippen LogP contribution >= 0.6 is 21.6 Å². The smallest absolute Gasteiger partial charge is 0.325 e. The summed E-state index contributed by atoms with van der Waals surface area (Å²) < 4.78 is 0. The fourth-order valence-electron chi connectivity index (χ4n) is 3.03. The van der Waals surface area contributed by atoms with Crippen molar-refractivity contribution in [3.8, 4) is 0 Å². The van der Waals surface area contributed by atoms with Crippen LogP contribution in [0.15, 0.2) is 58.3 Å². The van der Waals surface area contributed by atoms with Gasteiger partial charge in [-0.1, -0.05) is 33.7 Å². The lowest BCUT2D eigenvalue weighted by Crippen LogP contribution is -2.32. The number of carbonyl (C=O) groups is 6. The minimum absolute atomic E-state index is 0.00982. The Morgan fingerprint density at radius 3 is 1.32 bits per heavy atom. The third-order valence-electron chi connectivity index (χ3n) is 4.73. The van der Waals surface area contributed by atoms with E-state index in [9.17, 15) is 28.8 Å². The quantitative estimate of drug-likeness (QED) is 0.413. The van der Waals surface area contributed by atoms with Gasteiger partial charge in [0.2, 0.25) is 0 Å². The first-order valence-corrected chi connectivity index (χ1v) is 12.2. The number of rotatable bonds is 7. The van der Waals surface area contributed by atoms with Crippen molar-refractivity contribution < 1.29 is 38.4 Å². The molecule has 0 unspecified atom stereocenters. The molecule has 2 aromatic rings. The lowest BCUT2D eigenvalue weighted by molar-refractivity contribution is -0.173. The van der Waals surface area contributed by atoms with Gasteiger partial charge in [-0.15, -0.1) is 10.1 Å². The zero-order chi connectivity index (χ0) is 24.2. The van der Waals surface area contributed by atoms with Crippen LogP contribution in [-0.4, -0.2) is 45.7 Å². The molecule has 2 aromatic carbocycles. The number of hydrogen-bond donors (Lipinski definition) is 0. The molecular weight excluding hydrogens is 484 g/mol. The molecule has 0 N–H and O–H groups in total. The summed E-state index contributed by atoms with van der Waals surface area (Å²) in [5.74, 6) is -3.89. The van der Waals surface area contributed by atoms with E-state index >= 15 is 0 Å². The second-order valence-electron chi connectivity index (χ2n) is 7.14. The van der Waals surface area contributed by atoms with Gasteiger partial charge in [0.25, 0.3) is 23.6 Å². The molecule has 0 radical (unpaired) electrons. The number of carbonyl (C=O) groups excluding carboxylic acids is 6. The molecule has 0 aromatic heterocycles. The molecule has 2 saturated heterocycles. The van der Waals surface area contributed by atoms with E-state index in [0.29, 0.717) is 19.9 Å². The van der Waals surface area contributed by atoms with E-state index in [1.54, 1.807) is 36.4 Å². The van der Waals surface area contributed by atoms with Gasteiger partial charge >= 0.3 is 11.9 Å². The molecule has 2 aliphatic heterocycles. The Morgan fingerprint density at radius 1 is 0.618 bits per heavy atom. The van der Waals surface area contributed by atoms with Crippen molar-refractivity contribution in [1.29, 1.82) is 0 Å². The monoisotopic (exact) mass is 500 g/mol. The van der Waals surface area contributed by atoms with E-state index in [1.165, 1.54) is 33.7 Å². The van der Waals surface area contributed by atoms with Crippen LogP contribution in [0.2, 0.25) is 0 Å². The lowest BCUT2D eigenvalue weighted by atomic mass is 10.2. The van der Waals surface area contributed by atoms with Gasteiger partial charge in [0.15, 0.2) is 0 Å². The van der Waals surface area contributed by atoms with Gasteiger partial charge in [-0.25, -0.2) is 9.59 Å². The van der Waals surface area contributed by atoms with Gasteiger partial charge in [-0.05, 0) is 36.4 Å². The van der Waals surface area contributed by atoms with Crippen molar-refractivity contribution in [3.63, 3.8) is 0 Å². The molecule has 0 aliphatic carbocycles. The van der Waals surface area contributed by atoms with E-state index in [4.69, 9.17) is 9.68 Å².